The predicted molar refractivity (Wildman–Crippen MR) is 78.4 cm³/mol. The molecule has 1 amide bonds. The van der Waals surface area contributed by atoms with E-state index in [4.69, 9.17) is 9.47 Å². The van der Waals surface area contributed by atoms with Crippen molar-refractivity contribution in [1.82, 2.24) is 4.90 Å². The van der Waals surface area contributed by atoms with Crippen LogP contribution in [0.15, 0.2) is 0 Å². The quantitative estimate of drug-likeness (QED) is 0.572. The maximum absolute atomic E-state index is 11.9. The number of amides is 1. The summed E-state index contributed by atoms with van der Waals surface area (Å²) >= 11 is 3.35. The number of ether oxygens (including phenoxy) is 2. The average Bonchev–Trinajstić information content (AvgIpc) is 2.30. The molecule has 0 spiro atoms. The van der Waals surface area contributed by atoms with Crippen LogP contribution in [0.4, 0.5) is 4.79 Å². The third-order valence-corrected chi connectivity index (χ3v) is 3.40. The van der Waals surface area contributed by atoms with Crippen LogP contribution in [-0.4, -0.2) is 53.0 Å². The van der Waals surface area contributed by atoms with Crippen molar-refractivity contribution in [2.45, 2.75) is 57.3 Å². The van der Waals surface area contributed by atoms with E-state index in [-0.39, 0.29) is 10.9 Å². The van der Waals surface area contributed by atoms with Gasteiger partial charge < -0.3 is 19.5 Å². The molecule has 0 saturated carbocycles. The summed E-state index contributed by atoms with van der Waals surface area (Å²) < 4.78 is 10.1. The smallest absolute Gasteiger partial charge is 0.410 e. The van der Waals surface area contributed by atoms with Gasteiger partial charge in [0, 0.05) is 20.2 Å². The number of carbonyl (C=O) groups is 1. The molecule has 0 aliphatic rings. The van der Waals surface area contributed by atoms with E-state index < -0.39 is 11.9 Å². The highest BCUT2D eigenvalue weighted by Crippen LogP contribution is 2.15. The van der Waals surface area contributed by atoms with Crippen molar-refractivity contribution < 1.29 is 19.4 Å². The molecular formula is C13H26BrNO4. The van der Waals surface area contributed by atoms with E-state index in [1.54, 1.807) is 4.90 Å². The van der Waals surface area contributed by atoms with Gasteiger partial charge in [-0.3, -0.25) is 0 Å². The minimum absolute atomic E-state index is 0.130. The van der Waals surface area contributed by atoms with Crippen LogP contribution in [0, 0.1) is 0 Å². The molecule has 0 bridgehead atoms. The second kappa shape index (κ2) is 8.76. The Morgan fingerprint density at radius 2 is 2.00 bits per heavy atom. The van der Waals surface area contributed by atoms with Gasteiger partial charge in [0.2, 0.25) is 0 Å². The number of halogens is 1. The Balaban J connectivity index is 4.10. The second-order valence-corrected chi connectivity index (χ2v) is 6.52. The Morgan fingerprint density at radius 1 is 1.42 bits per heavy atom. The fourth-order valence-electron chi connectivity index (χ4n) is 1.47. The number of aliphatic hydroxyl groups excluding tert-OH is 1. The minimum atomic E-state index is -0.823. The molecule has 5 nitrogen and oxygen atoms in total. The molecule has 114 valence electrons. The monoisotopic (exact) mass is 339 g/mol. The molecule has 19 heavy (non-hydrogen) atoms. The van der Waals surface area contributed by atoms with Crippen LogP contribution in [0.5, 0.6) is 0 Å². The van der Waals surface area contributed by atoms with Crippen molar-refractivity contribution in [2.24, 2.45) is 0 Å². The zero-order chi connectivity index (χ0) is 15.1. The zero-order valence-electron chi connectivity index (χ0n) is 12.5. The van der Waals surface area contributed by atoms with Crippen molar-refractivity contribution in [3.8, 4) is 0 Å². The summed E-state index contributed by atoms with van der Waals surface area (Å²) in [5, 5.41) is 9.44. The molecule has 2 atom stereocenters. The van der Waals surface area contributed by atoms with Gasteiger partial charge in [0.15, 0.2) is 6.29 Å². The standard InChI is InChI=1S/C13H26BrNO4/c1-6-15(12(17)19-13(2,3)4)9-7-8-10(14)11(16)18-5/h10-11,16H,6-9H2,1-5H3. The number of carbonyl (C=O) groups excluding carboxylic acids is 1. The number of rotatable bonds is 7. The van der Waals surface area contributed by atoms with Gasteiger partial charge in [-0.25, -0.2) is 4.79 Å². The van der Waals surface area contributed by atoms with E-state index in [0.717, 1.165) is 6.42 Å². The first-order chi connectivity index (χ1) is 8.71. The Morgan fingerprint density at radius 3 is 2.42 bits per heavy atom. The van der Waals surface area contributed by atoms with Gasteiger partial charge in [0.1, 0.15) is 5.60 Å². The lowest BCUT2D eigenvalue weighted by Gasteiger charge is -2.27. The molecule has 0 rings (SSSR count). The molecular weight excluding hydrogens is 314 g/mol. The molecule has 0 aromatic heterocycles. The molecule has 0 aliphatic carbocycles. The van der Waals surface area contributed by atoms with Crippen molar-refractivity contribution in [3.05, 3.63) is 0 Å². The fraction of sp³-hybridized carbons (Fsp3) is 0.923. The van der Waals surface area contributed by atoms with E-state index in [2.05, 4.69) is 15.9 Å². The summed E-state index contributed by atoms with van der Waals surface area (Å²) in [6.45, 7) is 8.67. The van der Waals surface area contributed by atoms with Crippen molar-refractivity contribution in [2.75, 3.05) is 20.2 Å². The van der Waals surface area contributed by atoms with Gasteiger partial charge in [0.25, 0.3) is 0 Å². The van der Waals surface area contributed by atoms with Crippen LogP contribution in [0.1, 0.15) is 40.5 Å². The van der Waals surface area contributed by atoms with Crippen LogP contribution >= 0.6 is 15.9 Å². The van der Waals surface area contributed by atoms with Crippen LogP contribution in [-0.2, 0) is 9.47 Å². The molecule has 1 N–H and O–H groups in total. The van der Waals surface area contributed by atoms with Crippen molar-refractivity contribution in [1.29, 1.82) is 0 Å². The molecule has 0 fully saturated rings. The van der Waals surface area contributed by atoms with Crippen molar-refractivity contribution in [3.63, 3.8) is 0 Å². The maximum Gasteiger partial charge on any atom is 0.410 e. The SMILES string of the molecule is CCN(CCCC(Br)C(O)OC)C(=O)OC(C)(C)C. The van der Waals surface area contributed by atoms with E-state index in [1.807, 2.05) is 27.7 Å². The highest BCUT2D eigenvalue weighted by molar-refractivity contribution is 9.09. The first kappa shape index (κ1) is 18.7. The van der Waals surface area contributed by atoms with Crippen molar-refractivity contribution >= 4 is 22.0 Å². The summed E-state index contributed by atoms with van der Waals surface area (Å²) in [6.07, 6.45) is 0.363. The lowest BCUT2D eigenvalue weighted by atomic mass is 10.2. The molecule has 0 aliphatic heterocycles. The summed E-state index contributed by atoms with van der Waals surface area (Å²) in [6, 6.07) is 0. The van der Waals surface area contributed by atoms with Crippen LogP contribution in [0.2, 0.25) is 0 Å². The number of nitrogens with zero attached hydrogens (tertiary/aromatic N) is 1. The summed E-state index contributed by atoms with van der Waals surface area (Å²) in [5.41, 5.74) is -0.477. The largest absolute Gasteiger partial charge is 0.444 e. The van der Waals surface area contributed by atoms with E-state index in [1.165, 1.54) is 7.11 Å². The second-order valence-electron chi connectivity index (χ2n) is 5.34. The van der Waals surface area contributed by atoms with E-state index in [0.29, 0.717) is 19.5 Å². The Bertz CT molecular complexity index is 268. The third kappa shape index (κ3) is 8.44. The molecule has 0 radical (unpaired) electrons. The lowest BCUT2D eigenvalue weighted by Crippen LogP contribution is -2.37. The number of aliphatic hydroxyl groups is 1. The number of methoxy groups -OCH3 is 1. The average molecular weight is 340 g/mol. The maximum atomic E-state index is 11.9. The number of hydrogen-bond acceptors (Lipinski definition) is 4. The number of hydrogen-bond donors (Lipinski definition) is 1. The number of alkyl halides is 1. The Labute approximate surface area is 124 Å². The first-order valence-corrected chi connectivity index (χ1v) is 7.45. The molecule has 0 aromatic carbocycles. The van der Waals surface area contributed by atoms with Crippen LogP contribution in [0.3, 0.4) is 0 Å². The normalized spacial score (nSPS) is 14.9. The van der Waals surface area contributed by atoms with Gasteiger partial charge in [-0.2, -0.15) is 0 Å². The van der Waals surface area contributed by atoms with Gasteiger partial charge in [-0.1, -0.05) is 15.9 Å². The lowest BCUT2D eigenvalue weighted by molar-refractivity contribution is -0.0735. The highest BCUT2D eigenvalue weighted by Gasteiger charge is 2.21. The molecule has 6 heteroatoms. The van der Waals surface area contributed by atoms with Gasteiger partial charge in [-0.15, -0.1) is 0 Å². The first-order valence-electron chi connectivity index (χ1n) is 6.54. The van der Waals surface area contributed by atoms with Crippen LogP contribution in [0.25, 0.3) is 0 Å². The molecule has 0 heterocycles. The van der Waals surface area contributed by atoms with E-state index in [9.17, 15) is 9.90 Å². The Hall–Kier alpha value is -0.330. The third-order valence-electron chi connectivity index (χ3n) is 2.49. The summed E-state index contributed by atoms with van der Waals surface area (Å²) in [7, 11) is 1.46. The summed E-state index contributed by atoms with van der Waals surface area (Å²) in [4.78, 5) is 13.4. The van der Waals surface area contributed by atoms with Gasteiger partial charge in [-0.05, 0) is 40.5 Å². The zero-order valence-corrected chi connectivity index (χ0v) is 14.1. The molecule has 0 saturated heterocycles. The molecule has 2 unspecified atom stereocenters. The van der Waals surface area contributed by atoms with Gasteiger partial charge in [0.05, 0.1) is 4.83 Å². The summed E-state index contributed by atoms with van der Waals surface area (Å²) in [5.74, 6) is 0. The van der Waals surface area contributed by atoms with Gasteiger partial charge >= 0.3 is 6.09 Å². The van der Waals surface area contributed by atoms with Crippen LogP contribution < -0.4 is 0 Å². The minimum Gasteiger partial charge on any atom is -0.444 e. The highest BCUT2D eigenvalue weighted by atomic mass is 79.9. The Kier molecular flexibility index (Phi) is 8.61. The fourth-order valence-corrected chi connectivity index (χ4v) is 2.01. The van der Waals surface area contributed by atoms with E-state index >= 15 is 0 Å². The predicted octanol–water partition coefficient (Wildman–Crippen LogP) is 2.75. The molecule has 0 aromatic rings. The topological polar surface area (TPSA) is 59.0 Å².